The molecule has 0 atom stereocenters. The lowest BCUT2D eigenvalue weighted by molar-refractivity contribution is -0.253. The fraction of sp³-hybridized carbons (Fsp3) is 0.200. The Kier molecular flexibility index (Phi) is 4.86. The fourth-order valence-corrected chi connectivity index (χ4v) is 5.50. The van der Waals surface area contributed by atoms with E-state index in [0.717, 1.165) is 16.7 Å². The van der Waals surface area contributed by atoms with Crippen LogP contribution in [0, 0.1) is 13.8 Å². The molecule has 2 aliphatic heterocycles. The van der Waals surface area contributed by atoms with Gasteiger partial charge < -0.3 is 10.4 Å². The molecule has 0 radical (unpaired) electrons. The predicted molar refractivity (Wildman–Crippen MR) is 125 cm³/mol. The quantitative estimate of drug-likeness (QED) is 0.466. The summed E-state index contributed by atoms with van der Waals surface area (Å²) in [6, 6.07) is 16.6. The van der Waals surface area contributed by atoms with Crippen LogP contribution in [0.5, 0.6) is 5.75 Å². The molecular formula is C25H24N3O3S+. The second-order valence-corrected chi connectivity index (χ2v) is 10.1. The maximum Gasteiger partial charge on any atom is 0.400 e. The Morgan fingerprint density at radius 2 is 1.69 bits per heavy atom. The predicted octanol–water partition coefficient (Wildman–Crippen LogP) is 2.91. The van der Waals surface area contributed by atoms with E-state index in [1.165, 1.54) is 9.54 Å². The standard InChI is InChI=1S/C25H23N3O3S/c1-16-3-7-18(8-4-16)14-27-22-13-21-23-19(11-12-26-21)15-28(24(23)25(22)29)32(30,31)20-9-5-17(2)6-10-20/h3-10,13,15H,11-12,14H2,1-2H3,(H,26,27)/p+1. The smallest absolute Gasteiger partial charge is 0.400 e. The first-order chi connectivity index (χ1) is 15.3. The van der Waals surface area contributed by atoms with Crippen molar-refractivity contribution in [3.63, 3.8) is 0 Å². The lowest BCUT2D eigenvalue weighted by atomic mass is 10.1. The van der Waals surface area contributed by atoms with Gasteiger partial charge in [-0.15, -0.1) is 0 Å². The largest absolute Gasteiger partial charge is 0.501 e. The normalized spacial score (nSPS) is 14.6. The van der Waals surface area contributed by atoms with Gasteiger partial charge in [0.25, 0.3) is 5.69 Å². The molecule has 3 aromatic carbocycles. The van der Waals surface area contributed by atoms with Gasteiger partial charge in [-0.3, -0.25) is 4.99 Å². The van der Waals surface area contributed by atoms with Gasteiger partial charge in [0, 0.05) is 18.7 Å². The number of anilines is 1. The summed E-state index contributed by atoms with van der Waals surface area (Å²) >= 11 is 0. The summed E-state index contributed by atoms with van der Waals surface area (Å²) in [6.45, 7) is 5.02. The van der Waals surface area contributed by atoms with Gasteiger partial charge in [0.15, 0.2) is 6.21 Å². The van der Waals surface area contributed by atoms with Crippen molar-refractivity contribution < 1.29 is 17.5 Å². The molecule has 32 heavy (non-hydrogen) atoms. The number of rotatable bonds is 5. The van der Waals surface area contributed by atoms with Crippen molar-refractivity contribution in [1.29, 1.82) is 0 Å². The maximum absolute atomic E-state index is 13.5. The number of aromatic hydroxyl groups is 1. The van der Waals surface area contributed by atoms with E-state index in [9.17, 15) is 13.5 Å². The highest BCUT2D eigenvalue weighted by Crippen LogP contribution is 2.35. The van der Waals surface area contributed by atoms with Crippen molar-refractivity contribution in [3.05, 3.63) is 81.9 Å². The van der Waals surface area contributed by atoms with Gasteiger partial charge in [-0.25, -0.2) is 0 Å². The average Bonchev–Trinajstić information content (AvgIpc) is 3.19. The van der Waals surface area contributed by atoms with E-state index in [1.807, 2.05) is 38.1 Å². The van der Waals surface area contributed by atoms with Crippen LogP contribution in [0.3, 0.4) is 0 Å². The van der Waals surface area contributed by atoms with Crippen LogP contribution in [0.4, 0.5) is 11.4 Å². The first-order valence-electron chi connectivity index (χ1n) is 10.5. The molecule has 3 aromatic rings. The Bertz CT molecular complexity index is 1490. The molecule has 2 heterocycles. The van der Waals surface area contributed by atoms with E-state index in [2.05, 4.69) is 10.3 Å². The molecule has 2 N–H and O–H groups in total. The van der Waals surface area contributed by atoms with Gasteiger partial charge in [0.05, 0.1) is 16.3 Å². The molecule has 0 saturated carbocycles. The first kappa shape index (κ1) is 20.5. The lowest BCUT2D eigenvalue weighted by Gasteiger charge is -2.11. The SMILES string of the molecule is Cc1ccc(CNc2cc3c4c(c2O)[N+](S(=O)(=O)c2ccc(C)cc2)=CC=4CCN=3)cc1. The van der Waals surface area contributed by atoms with Gasteiger partial charge >= 0.3 is 10.0 Å². The summed E-state index contributed by atoms with van der Waals surface area (Å²) in [6.07, 6.45) is 2.26. The molecule has 5 rings (SSSR count). The lowest BCUT2D eigenvalue weighted by Crippen LogP contribution is -2.32. The van der Waals surface area contributed by atoms with Crippen molar-refractivity contribution in [2.24, 2.45) is 4.99 Å². The van der Waals surface area contributed by atoms with Crippen molar-refractivity contribution in [3.8, 4) is 5.75 Å². The molecule has 0 fully saturated rings. The molecular weight excluding hydrogens is 422 g/mol. The number of phenols is 1. The minimum Gasteiger partial charge on any atom is -0.501 e. The zero-order chi connectivity index (χ0) is 22.5. The fourth-order valence-electron chi connectivity index (χ4n) is 4.11. The molecule has 0 amide bonds. The van der Waals surface area contributed by atoms with Gasteiger partial charge in [-0.1, -0.05) is 51.5 Å². The molecule has 2 aliphatic rings. The van der Waals surface area contributed by atoms with E-state index in [1.54, 1.807) is 36.5 Å². The molecule has 0 spiro atoms. The Labute approximate surface area is 187 Å². The molecule has 162 valence electrons. The van der Waals surface area contributed by atoms with Crippen LogP contribution in [0.15, 0.2) is 64.5 Å². The van der Waals surface area contributed by atoms with Gasteiger partial charge in [0.1, 0.15) is 4.90 Å². The summed E-state index contributed by atoms with van der Waals surface area (Å²) in [5.74, 6) is -0.0881. The highest BCUT2D eigenvalue weighted by molar-refractivity contribution is 7.85. The minimum atomic E-state index is -3.88. The topological polar surface area (TPSA) is 81.8 Å². The molecule has 0 bridgehead atoms. The van der Waals surface area contributed by atoms with Gasteiger partial charge in [-0.2, -0.15) is 8.42 Å². The number of phenolic OH excluding ortho intramolecular Hbond substituents is 1. The number of sulfonamides is 1. The van der Waals surface area contributed by atoms with Crippen molar-refractivity contribution in [1.82, 2.24) is 0 Å². The van der Waals surface area contributed by atoms with E-state index in [-0.39, 0.29) is 16.3 Å². The van der Waals surface area contributed by atoms with Gasteiger partial charge in [0.2, 0.25) is 5.75 Å². The second kappa shape index (κ2) is 7.60. The summed E-state index contributed by atoms with van der Waals surface area (Å²) in [5.41, 5.74) is 4.82. The molecule has 6 nitrogen and oxygen atoms in total. The zero-order valence-corrected chi connectivity index (χ0v) is 18.8. The molecule has 0 unspecified atom stereocenters. The Balaban J connectivity index is 1.60. The van der Waals surface area contributed by atoms with Crippen LogP contribution in [0.2, 0.25) is 0 Å². The molecule has 0 aliphatic carbocycles. The van der Waals surface area contributed by atoms with Crippen LogP contribution in [0.1, 0.15) is 23.1 Å². The Morgan fingerprint density at radius 3 is 2.38 bits per heavy atom. The average molecular weight is 447 g/mol. The first-order valence-corrected chi connectivity index (χ1v) is 12.0. The number of hydrogen-bond donors (Lipinski definition) is 2. The number of benzene rings is 3. The summed E-state index contributed by atoms with van der Waals surface area (Å²) in [5, 5.41) is 15.8. The van der Waals surface area contributed by atoms with Crippen LogP contribution >= 0.6 is 0 Å². The highest BCUT2D eigenvalue weighted by atomic mass is 32.2. The third kappa shape index (κ3) is 3.39. The van der Waals surface area contributed by atoms with E-state index in [4.69, 9.17) is 0 Å². The summed E-state index contributed by atoms with van der Waals surface area (Å²) < 4.78 is 28.2. The number of nitrogens with zero attached hydrogens (tertiary/aromatic N) is 2. The Hall–Kier alpha value is -3.45. The van der Waals surface area contributed by atoms with Crippen molar-refractivity contribution >= 4 is 33.2 Å². The highest BCUT2D eigenvalue weighted by Gasteiger charge is 2.39. The van der Waals surface area contributed by atoms with Gasteiger partial charge in [-0.05, 0) is 44.0 Å². The van der Waals surface area contributed by atoms with Crippen LogP contribution < -0.4 is 15.9 Å². The zero-order valence-electron chi connectivity index (χ0n) is 18.0. The third-order valence-corrected chi connectivity index (χ3v) is 7.59. The number of hydrogen-bond acceptors (Lipinski definition) is 5. The minimum absolute atomic E-state index is 0.0881. The van der Waals surface area contributed by atoms with Crippen molar-refractivity contribution in [2.45, 2.75) is 31.7 Å². The Morgan fingerprint density at radius 1 is 1.03 bits per heavy atom. The third-order valence-electron chi connectivity index (χ3n) is 5.91. The maximum atomic E-state index is 13.5. The van der Waals surface area contributed by atoms with E-state index >= 15 is 0 Å². The summed E-state index contributed by atoms with van der Waals surface area (Å²) in [7, 11) is -3.88. The van der Waals surface area contributed by atoms with E-state index < -0.39 is 10.0 Å². The van der Waals surface area contributed by atoms with E-state index in [0.29, 0.717) is 35.8 Å². The van der Waals surface area contributed by atoms with Crippen LogP contribution in [-0.4, -0.2) is 30.3 Å². The number of aryl methyl sites for hydroxylation is 2. The molecule has 7 heteroatoms. The second-order valence-electron chi connectivity index (χ2n) is 8.25. The van der Waals surface area contributed by atoms with Crippen LogP contribution in [0.25, 0.3) is 5.57 Å². The van der Waals surface area contributed by atoms with Crippen molar-refractivity contribution in [2.75, 3.05) is 11.9 Å². The molecule has 0 aromatic heterocycles. The van der Waals surface area contributed by atoms with Crippen LogP contribution in [-0.2, 0) is 16.6 Å². The molecule has 0 saturated heterocycles. The number of nitrogens with one attached hydrogen (secondary N) is 1. The monoisotopic (exact) mass is 446 g/mol. The summed E-state index contributed by atoms with van der Waals surface area (Å²) in [4.78, 5) is 4.78.